The molecule has 2 rings (SSSR count). The van der Waals surface area contributed by atoms with Crippen molar-refractivity contribution in [3.05, 3.63) is 28.8 Å². The summed E-state index contributed by atoms with van der Waals surface area (Å²) in [4.78, 5) is 14.6. The van der Waals surface area contributed by atoms with Crippen molar-refractivity contribution < 1.29 is 17.9 Å². The summed E-state index contributed by atoms with van der Waals surface area (Å²) in [5.41, 5.74) is 1.82. The Morgan fingerprint density at radius 3 is 2.30 bits per heavy atom. The molecule has 0 unspecified atom stereocenters. The van der Waals surface area contributed by atoms with Gasteiger partial charge >= 0.3 is 0 Å². The Hall–Kier alpha value is -1.44. The Kier molecular flexibility index (Phi) is 5.13. The molecular formula is C16H24N2O4S. The second-order valence-corrected chi connectivity index (χ2v) is 7.95. The predicted molar refractivity (Wildman–Crippen MR) is 88.1 cm³/mol. The van der Waals surface area contributed by atoms with Crippen molar-refractivity contribution in [3.8, 4) is 0 Å². The molecule has 1 N–H and O–H groups in total. The molecule has 128 valence electrons. The summed E-state index contributed by atoms with van der Waals surface area (Å²) >= 11 is 0. The normalized spacial score (nSPS) is 22.2. The van der Waals surface area contributed by atoms with Crippen molar-refractivity contribution in [3.63, 3.8) is 0 Å². The highest BCUT2D eigenvalue weighted by atomic mass is 32.2. The number of nitrogens with zero attached hydrogens (tertiary/aromatic N) is 1. The van der Waals surface area contributed by atoms with Crippen LogP contribution in [-0.2, 0) is 14.8 Å². The highest BCUT2D eigenvalue weighted by molar-refractivity contribution is 7.89. The Morgan fingerprint density at radius 1 is 1.22 bits per heavy atom. The lowest BCUT2D eigenvalue weighted by Gasteiger charge is -2.35. The molecule has 0 aromatic heterocycles. The molecule has 6 nitrogen and oxygen atoms in total. The number of morpholine rings is 1. The maximum absolute atomic E-state index is 12.8. The maximum Gasteiger partial charge on any atom is 0.254 e. The summed E-state index contributed by atoms with van der Waals surface area (Å²) in [6.07, 6.45) is -0.0653. The monoisotopic (exact) mass is 340 g/mol. The van der Waals surface area contributed by atoms with Crippen LogP contribution < -0.4 is 4.72 Å². The van der Waals surface area contributed by atoms with Crippen molar-refractivity contribution in [2.75, 3.05) is 20.1 Å². The van der Waals surface area contributed by atoms with E-state index >= 15 is 0 Å². The van der Waals surface area contributed by atoms with E-state index < -0.39 is 10.0 Å². The minimum Gasteiger partial charge on any atom is -0.372 e. The lowest BCUT2D eigenvalue weighted by atomic mass is 10.0. The predicted octanol–water partition coefficient (Wildman–Crippen LogP) is 1.46. The molecule has 1 aromatic carbocycles. The standard InChI is InChI=1S/C16H24N2O4S/c1-10-6-14(7-15(13(10)4)23(20,21)17-5)16(19)18-8-11(2)22-12(3)9-18/h6-7,11-12,17H,8-9H2,1-5H3/t11-,12-/m1/s1. The van der Waals surface area contributed by atoms with Crippen molar-refractivity contribution in [2.24, 2.45) is 0 Å². The van der Waals surface area contributed by atoms with Gasteiger partial charge in [0, 0.05) is 18.7 Å². The van der Waals surface area contributed by atoms with Crippen LogP contribution in [0.5, 0.6) is 0 Å². The van der Waals surface area contributed by atoms with Crippen LogP contribution in [0, 0.1) is 13.8 Å². The average Bonchev–Trinajstić information content (AvgIpc) is 2.47. The molecule has 1 fully saturated rings. The molecule has 0 radical (unpaired) electrons. The molecule has 0 bridgehead atoms. The van der Waals surface area contributed by atoms with Gasteiger partial charge in [0.25, 0.3) is 5.91 Å². The Balaban J connectivity index is 2.42. The second-order valence-electron chi connectivity index (χ2n) is 6.09. The first kappa shape index (κ1) is 17.9. The van der Waals surface area contributed by atoms with Gasteiger partial charge < -0.3 is 9.64 Å². The number of ether oxygens (including phenoxy) is 1. The minimum atomic E-state index is -3.61. The van der Waals surface area contributed by atoms with E-state index in [9.17, 15) is 13.2 Å². The van der Waals surface area contributed by atoms with Gasteiger partial charge in [-0.2, -0.15) is 0 Å². The third kappa shape index (κ3) is 3.73. The van der Waals surface area contributed by atoms with E-state index in [4.69, 9.17) is 4.74 Å². The summed E-state index contributed by atoms with van der Waals surface area (Å²) in [7, 11) is -2.24. The summed E-state index contributed by atoms with van der Waals surface area (Å²) in [6, 6.07) is 3.21. The molecule has 1 heterocycles. The molecule has 1 aliphatic rings. The van der Waals surface area contributed by atoms with Crippen LogP contribution in [0.3, 0.4) is 0 Å². The van der Waals surface area contributed by atoms with E-state index in [2.05, 4.69) is 4.72 Å². The summed E-state index contributed by atoms with van der Waals surface area (Å²) in [5, 5.41) is 0. The molecule has 1 saturated heterocycles. The van der Waals surface area contributed by atoms with Crippen LogP contribution in [-0.4, -0.2) is 51.6 Å². The molecule has 0 saturated carbocycles. The van der Waals surface area contributed by atoms with Crippen LogP contribution in [0.2, 0.25) is 0 Å². The first-order chi connectivity index (χ1) is 10.7. The van der Waals surface area contributed by atoms with Gasteiger partial charge in [0.1, 0.15) is 0 Å². The second kappa shape index (κ2) is 6.59. The molecule has 23 heavy (non-hydrogen) atoms. The first-order valence-electron chi connectivity index (χ1n) is 7.65. The lowest BCUT2D eigenvalue weighted by Crippen LogP contribution is -2.48. The van der Waals surface area contributed by atoms with Crippen LogP contribution >= 0.6 is 0 Å². The van der Waals surface area contributed by atoms with E-state index in [0.717, 1.165) is 5.56 Å². The van der Waals surface area contributed by atoms with Crippen molar-refractivity contribution >= 4 is 15.9 Å². The number of nitrogens with one attached hydrogen (secondary N) is 1. The summed E-state index contributed by atoms with van der Waals surface area (Å²) in [5.74, 6) is -0.164. The summed E-state index contributed by atoms with van der Waals surface area (Å²) < 4.78 is 32.3. The number of rotatable bonds is 3. The van der Waals surface area contributed by atoms with E-state index in [0.29, 0.717) is 24.2 Å². The van der Waals surface area contributed by atoms with Gasteiger partial charge in [-0.05, 0) is 58.0 Å². The Morgan fingerprint density at radius 2 is 1.78 bits per heavy atom. The number of amides is 1. The molecule has 7 heteroatoms. The number of aryl methyl sites for hydroxylation is 1. The Bertz CT molecular complexity index is 705. The third-order valence-corrected chi connectivity index (χ3v) is 5.67. The number of hydrogen-bond donors (Lipinski definition) is 1. The largest absolute Gasteiger partial charge is 0.372 e. The van der Waals surface area contributed by atoms with Gasteiger partial charge in [-0.15, -0.1) is 0 Å². The highest BCUT2D eigenvalue weighted by Crippen LogP contribution is 2.23. The molecule has 1 amide bonds. The van der Waals surface area contributed by atoms with Crippen molar-refractivity contribution in [1.29, 1.82) is 0 Å². The van der Waals surface area contributed by atoms with Crippen LogP contribution in [0.15, 0.2) is 17.0 Å². The summed E-state index contributed by atoms with van der Waals surface area (Å²) in [6.45, 7) is 8.41. The zero-order valence-electron chi connectivity index (χ0n) is 14.2. The van der Waals surface area contributed by atoms with Gasteiger partial charge in [0.15, 0.2) is 0 Å². The Labute approximate surface area is 137 Å². The van der Waals surface area contributed by atoms with E-state index in [-0.39, 0.29) is 23.0 Å². The zero-order valence-corrected chi connectivity index (χ0v) is 15.0. The molecule has 2 atom stereocenters. The molecular weight excluding hydrogens is 316 g/mol. The topological polar surface area (TPSA) is 75.7 Å². The SMILES string of the molecule is CNS(=O)(=O)c1cc(C(=O)N2C[C@@H](C)O[C@H](C)C2)cc(C)c1C. The molecule has 0 spiro atoms. The van der Waals surface area contributed by atoms with E-state index in [1.54, 1.807) is 17.9 Å². The zero-order chi connectivity index (χ0) is 17.4. The van der Waals surface area contributed by atoms with E-state index in [1.807, 2.05) is 20.8 Å². The molecule has 1 aliphatic heterocycles. The minimum absolute atomic E-state index is 0.0326. The first-order valence-corrected chi connectivity index (χ1v) is 9.13. The van der Waals surface area contributed by atoms with Crippen LogP contribution in [0.4, 0.5) is 0 Å². The van der Waals surface area contributed by atoms with Gasteiger partial charge in [-0.25, -0.2) is 13.1 Å². The highest BCUT2D eigenvalue weighted by Gasteiger charge is 2.28. The van der Waals surface area contributed by atoms with Gasteiger partial charge in [-0.3, -0.25) is 4.79 Å². The molecule has 1 aromatic rings. The van der Waals surface area contributed by atoms with Crippen LogP contribution in [0.1, 0.15) is 35.3 Å². The van der Waals surface area contributed by atoms with E-state index in [1.165, 1.54) is 13.1 Å². The smallest absolute Gasteiger partial charge is 0.254 e. The maximum atomic E-state index is 12.8. The number of carbonyl (C=O) groups excluding carboxylic acids is 1. The van der Waals surface area contributed by atoms with Crippen molar-refractivity contribution in [1.82, 2.24) is 9.62 Å². The van der Waals surface area contributed by atoms with Gasteiger partial charge in [-0.1, -0.05) is 0 Å². The number of sulfonamides is 1. The molecule has 0 aliphatic carbocycles. The fraction of sp³-hybridized carbons (Fsp3) is 0.562. The van der Waals surface area contributed by atoms with Crippen molar-refractivity contribution in [2.45, 2.75) is 44.8 Å². The quantitative estimate of drug-likeness (QED) is 0.904. The van der Waals surface area contributed by atoms with Crippen LogP contribution in [0.25, 0.3) is 0 Å². The number of benzene rings is 1. The van der Waals surface area contributed by atoms with Gasteiger partial charge in [0.2, 0.25) is 10.0 Å². The number of hydrogen-bond acceptors (Lipinski definition) is 4. The fourth-order valence-electron chi connectivity index (χ4n) is 2.87. The lowest BCUT2D eigenvalue weighted by molar-refractivity contribution is -0.0586. The number of carbonyl (C=O) groups is 1. The van der Waals surface area contributed by atoms with Gasteiger partial charge in [0.05, 0.1) is 17.1 Å². The fourth-order valence-corrected chi connectivity index (χ4v) is 3.93. The third-order valence-electron chi connectivity index (χ3n) is 4.13. The average molecular weight is 340 g/mol.